The average molecular weight is 272 g/mol. The minimum Gasteiger partial charge on any atom is -0.378 e. The summed E-state index contributed by atoms with van der Waals surface area (Å²) < 4.78 is 16.4. The lowest BCUT2D eigenvalue weighted by Gasteiger charge is -2.37. The SMILES string of the molecule is CC(NC1COC(C)(C)OC1)C(=O)N1CCOCC1. The molecule has 1 amide bonds. The Hall–Kier alpha value is -0.690. The molecule has 1 atom stereocenters. The molecule has 0 bridgehead atoms. The molecular weight excluding hydrogens is 248 g/mol. The maximum absolute atomic E-state index is 12.2. The van der Waals surface area contributed by atoms with Crippen LogP contribution in [-0.2, 0) is 19.0 Å². The normalized spacial score (nSPS) is 26.2. The van der Waals surface area contributed by atoms with Crippen molar-refractivity contribution >= 4 is 5.91 Å². The zero-order valence-corrected chi connectivity index (χ0v) is 12.0. The summed E-state index contributed by atoms with van der Waals surface area (Å²) in [6, 6.07) is -0.162. The van der Waals surface area contributed by atoms with Crippen molar-refractivity contribution in [2.45, 2.75) is 38.6 Å². The molecule has 2 heterocycles. The van der Waals surface area contributed by atoms with Crippen molar-refractivity contribution in [3.63, 3.8) is 0 Å². The predicted octanol–water partition coefficient (Wildman–Crippen LogP) is -0.0252. The summed E-state index contributed by atoms with van der Waals surface area (Å²) >= 11 is 0. The van der Waals surface area contributed by atoms with Crippen molar-refractivity contribution in [3.8, 4) is 0 Å². The lowest BCUT2D eigenvalue weighted by molar-refractivity contribution is -0.253. The Labute approximate surface area is 114 Å². The molecule has 2 saturated heterocycles. The molecule has 0 radical (unpaired) electrons. The Balaban J connectivity index is 1.77. The fourth-order valence-electron chi connectivity index (χ4n) is 2.27. The number of hydrogen-bond acceptors (Lipinski definition) is 5. The third-order valence-electron chi connectivity index (χ3n) is 3.44. The van der Waals surface area contributed by atoms with Crippen LogP contribution in [0.3, 0.4) is 0 Å². The highest BCUT2D eigenvalue weighted by Gasteiger charge is 2.31. The van der Waals surface area contributed by atoms with Crippen LogP contribution >= 0.6 is 0 Å². The van der Waals surface area contributed by atoms with Crippen LogP contribution < -0.4 is 5.32 Å². The van der Waals surface area contributed by atoms with Gasteiger partial charge in [0, 0.05) is 13.1 Å². The molecule has 19 heavy (non-hydrogen) atoms. The lowest BCUT2D eigenvalue weighted by atomic mass is 10.2. The highest BCUT2D eigenvalue weighted by molar-refractivity contribution is 5.81. The van der Waals surface area contributed by atoms with Gasteiger partial charge in [-0.2, -0.15) is 0 Å². The minimum absolute atomic E-state index is 0.0630. The molecule has 2 aliphatic heterocycles. The maximum atomic E-state index is 12.2. The third-order valence-corrected chi connectivity index (χ3v) is 3.44. The number of morpholine rings is 1. The Morgan fingerprint density at radius 1 is 1.26 bits per heavy atom. The van der Waals surface area contributed by atoms with Crippen LogP contribution in [0.5, 0.6) is 0 Å². The second kappa shape index (κ2) is 6.17. The molecule has 0 aliphatic carbocycles. The van der Waals surface area contributed by atoms with Crippen LogP contribution in [-0.4, -0.2) is 68.2 Å². The van der Waals surface area contributed by atoms with Gasteiger partial charge in [0.15, 0.2) is 5.79 Å². The number of hydrogen-bond donors (Lipinski definition) is 1. The minimum atomic E-state index is -0.518. The van der Waals surface area contributed by atoms with Crippen molar-refractivity contribution in [1.29, 1.82) is 0 Å². The van der Waals surface area contributed by atoms with Crippen LogP contribution in [0.2, 0.25) is 0 Å². The number of nitrogens with one attached hydrogen (secondary N) is 1. The number of carbonyl (C=O) groups excluding carboxylic acids is 1. The van der Waals surface area contributed by atoms with E-state index < -0.39 is 5.79 Å². The van der Waals surface area contributed by atoms with E-state index in [0.29, 0.717) is 39.5 Å². The van der Waals surface area contributed by atoms with Crippen LogP contribution in [0.15, 0.2) is 0 Å². The van der Waals surface area contributed by atoms with Crippen LogP contribution in [0.1, 0.15) is 20.8 Å². The monoisotopic (exact) mass is 272 g/mol. The summed E-state index contributed by atoms with van der Waals surface area (Å²) in [5.74, 6) is -0.400. The lowest BCUT2D eigenvalue weighted by Crippen LogP contribution is -2.56. The van der Waals surface area contributed by atoms with Crippen molar-refractivity contribution < 1.29 is 19.0 Å². The van der Waals surface area contributed by atoms with Gasteiger partial charge >= 0.3 is 0 Å². The molecule has 2 aliphatic rings. The Morgan fingerprint density at radius 3 is 2.42 bits per heavy atom. The fraction of sp³-hybridized carbons (Fsp3) is 0.923. The molecule has 1 unspecified atom stereocenters. The van der Waals surface area contributed by atoms with Crippen molar-refractivity contribution in [1.82, 2.24) is 10.2 Å². The van der Waals surface area contributed by atoms with Gasteiger partial charge in [0.2, 0.25) is 5.91 Å². The Morgan fingerprint density at radius 2 is 1.84 bits per heavy atom. The first-order chi connectivity index (χ1) is 8.98. The summed E-state index contributed by atoms with van der Waals surface area (Å²) in [5.41, 5.74) is 0. The number of ether oxygens (including phenoxy) is 3. The van der Waals surface area contributed by atoms with E-state index in [1.807, 2.05) is 25.7 Å². The highest BCUT2D eigenvalue weighted by atomic mass is 16.7. The summed E-state index contributed by atoms with van der Waals surface area (Å²) in [5, 5.41) is 3.27. The van der Waals surface area contributed by atoms with Crippen LogP contribution in [0.25, 0.3) is 0 Å². The number of amides is 1. The van der Waals surface area contributed by atoms with Gasteiger partial charge in [0.05, 0.1) is 38.5 Å². The average Bonchev–Trinajstić information content (AvgIpc) is 2.41. The topological polar surface area (TPSA) is 60.0 Å². The van der Waals surface area contributed by atoms with E-state index in [9.17, 15) is 4.79 Å². The van der Waals surface area contributed by atoms with Gasteiger partial charge in [0.25, 0.3) is 0 Å². The molecule has 0 spiro atoms. The first-order valence-electron chi connectivity index (χ1n) is 6.88. The molecule has 6 nitrogen and oxygen atoms in total. The van der Waals surface area contributed by atoms with Gasteiger partial charge in [-0.25, -0.2) is 0 Å². The van der Waals surface area contributed by atoms with Crippen molar-refractivity contribution in [2.24, 2.45) is 0 Å². The van der Waals surface area contributed by atoms with Gasteiger partial charge in [-0.15, -0.1) is 0 Å². The zero-order valence-electron chi connectivity index (χ0n) is 12.0. The second-order valence-electron chi connectivity index (χ2n) is 5.54. The maximum Gasteiger partial charge on any atom is 0.239 e. The van der Waals surface area contributed by atoms with Crippen LogP contribution in [0, 0.1) is 0 Å². The molecule has 0 aromatic rings. The summed E-state index contributed by atoms with van der Waals surface area (Å²) in [6.07, 6.45) is 0. The van der Waals surface area contributed by atoms with E-state index in [1.54, 1.807) is 0 Å². The molecule has 0 aromatic carbocycles. The summed E-state index contributed by atoms with van der Waals surface area (Å²) in [4.78, 5) is 14.1. The van der Waals surface area contributed by atoms with Gasteiger partial charge in [0.1, 0.15) is 0 Å². The molecule has 2 rings (SSSR count). The highest BCUT2D eigenvalue weighted by Crippen LogP contribution is 2.17. The smallest absolute Gasteiger partial charge is 0.239 e. The molecule has 1 N–H and O–H groups in total. The van der Waals surface area contributed by atoms with Crippen molar-refractivity contribution in [2.75, 3.05) is 39.5 Å². The molecule has 0 saturated carbocycles. The van der Waals surface area contributed by atoms with E-state index >= 15 is 0 Å². The fourth-order valence-corrected chi connectivity index (χ4v) is 2.27. The van der Waals surface area contributed by atoms with Crippen molar-refractivity contribution in [3.05, 3.63) is 0 Å². The number of carbonyl (C=O) groups is 1. The summed E-state index contributed by atoms with van der Waals surface area (Å²) in [6.45, 7) is 9.41. The van der Waals surface area contributed by atoms with Gasteiger partial charge < -0.3 is 19.1 Å². The Bertz CT molecular complexity index is 306. The van der Waals surface area contributed by atoms with Gasteiger partial charge in [-0.3, -0.25) is 10.1 Å². The molecule has 110 valence electrons. The number of rotatable bonds is 3. The quantitative estimate of drug-likeness (QED) is 0.782. The van der Waals surface area contributed by atoms with Gasteiger partial charge in [-0.05, 0) is 20.8 Å². The molecular formula is C13H24N2O4. The predicted molar refractivity (Wildman–Crippen MR) is 69.8 cm³/mol. The second-order valence-corrected chi connectivity index (χ2v) is 5.54. The summed E-state index contributed by atoms with van der Waals surface area (Å²) in [7, 11) is 0. The van der Waals surface area contributed by atoms with Crippen LogP contribution in [0.4, 0.5) is 0 Å². The van der Waals surface area contributed by atoms with E-state index in [1.165, 1.54) is 0 Å². The van der Waals surface area contributed by atoms with E-state index in [-0.39, 0.29) is 18.0 Å². The first-order valence-corrected chi connectivity index (χ1v) is 6.88. The largest absolute Gasteiger partial charge is 0.378 e. The molecule has 2 fully saturated rings. The number of nitrogens with zero attached hydrogens (tertiary/aromatic N) is 1. The zero-order chi connectivity index (χ0) is 13.9. The molecule has 6 heteroatoms. The third kappa shape index (κ3) is 4.14. The first kappa shape index (κ1) is 14.7. The molecule has 0 aromatic heterocycles. The van der Waals surface area contributed by atoms with E-state index in [4.69, 9.17) is 14.2 Å². The Kier molecular flexibility index (Phi) is 4.78. The van der Waals surface area contributed by atoms with E-state index in [2.05, 4.69) is 5.32 Å². The standard InChI is InChI=1S/C13H24N2O4/c1-10(12(16)15-4-6-17-7-5-15)14-11-8-18-13(2,3)19-9-11/h10-11,14H,4-9H2,1-3H3. The van der Waals surface area contributed by atoms with E-state index in [0.717, 1.165) is 0 Å². The van der Waals surface area contributed by atoms with Gasteiger partial charge in [-0.1, -0.05) is 0 Å².